The molecule has 1 aliphatic carbocycles. The van der Waals surface area contributed by atoms with Crippen LogP contribution in [-0.2, 0) is 15.6 Å². The molecule has 0 radical (unpaired) electrons. The molecule has 38 heavy (non-hydrogen) atoms. The number of rotatable bonds is 9. The van der Waals surface area contributed by atoms with Gasteiger partial charge in [0.2, 0.25) is 11.9 Å². The van der Waals surface area contributed by atoms with Crippen LogP contribution < -0.4 is 5.32 Å². The maximum absolute atomic E-state index is 13.1. The first-order valence-electron chi connectivity index (χ1n) is 12.7. The molecule has 3 aromatic rings. The summed E-state index contributed by atoms with van der Waals surface area (Å²) < 4.78 is 50.8. The van der Waals surface area contributed by atoms with E-state index in [-0.39, 0.29) is 5.02 Å². The van der Waals surface area contributed by atoms with Crippen molar-refractivity contribution in [3.63, 3.8) is 0 Å². The van der Waals surface area contributed by atoms with E-state index in [4.69, 9.17) is 21.6 Å². The van der Waals surface area contributed by atoms with Crippen molar-refractivity contribution in [3.05, 3.63) is 46.6 Å². The molecule has 0 saturated heterocycles. The summed E-state index contributed by atoms with van der Waals surface area (Å²) in [5.74, 6) is -3.44. The highest BCUT2D eigenvalue weighted by atomic mass is 35.5. The average Bonchev–Trinajstić information content (AvgIpc) is 2.84. The van der Waals surface area contributed by atoms with Crippen LogP contribution in [0.1, 0.15) is 50.2 Å². The molecule has 0 amide bonds. The van der Waals surface area contributed by atoms with Gasteiger partial charge >= 0.3 is 0 Å². The van der Waals surface area contributed by atoms with E-state index in [1.807, 2.05) is 13.0 Å². The van der Waals surface area contributed by atoms with Crippen LogP contribution in [0.25, 0.3) is 22.3 Å². The van der Waals surface area contributed by atoms with Gasteiger partial charge in [0.1, 0.15) is 5.52 Å². The second-order valence-corrected chi connectivity index (χ2v) is 13.2. The summed E-state index contributed by atoms with van der Waals surface area (Å²) in [6.45, 7) is 2.67. The fourth-order valence-electron chi connectivity index (χ4n) is 4.79. The normalized spacial score (nSPS) is 18.7. The van der Waals surface area contributed by atoms with Gasteiger partial charge < -0.3 is 10.2 Å². The van der Waals surface area contributed by atoms with Gasteiger partial charge in [0.15, 0.2) is 9.84 Å². The number of aryl methyl sites for hydroxylation is 1. The van der Waals surface area contributed by atoms with Gasteiger partial charge in [-0.1, -0.05) is 23.7 Å². The Hall–Kier alpha value is -2.43. The number of pyridine rings is 1. The van der Waals surface area contributed by atoms with E-state index in [0.717, 1.165) is 36.8 Å². The van der Waals surface area contributed by atoms with Gasteiger partial charge in [0, 0.05) is 29.1 Å². The molecule has 1 aromatic carbocycles. The van der Waals surface area contributed by atoms with Crippen molar-refractivity contribution in [1.29, 1.82) is 0 Å². The number of hydrogen-bond donors (Lipinski definition) is 1. The maximum Gasteiger partial charge on any atom is 0.246 e. The van der Waals surface area contributed by atoms with Crippen LogP contribution in [0.3, 0.4) is 0 Å². The van der Waals surface area contributed by atoms with Crippen LogP contribution in [0, 0.1) is 6.92 Å². The Kier molecular flexibility index (Phi) is 8.54. The number of fused-ring (bicyclic) bond motifs is 1. The van der Waals surface area contributed by atoms with Crippen molar-refractivity contribution < 1.29 is 17.2 Å². The monoisotopic (exact) mass is 565 g/mol. The zero-order chi connectivity index (χ0) is 27.7. The van der Waals surface area contributed by atoms with Crippen molar-refractivity contribution in [2.75, 3.05) is 25.2 Å². The lowest BCUT2D eigenvalue weighted by molar-refractivity contribution is 0.0189. The third kappa shape index (κ3) is 7.36. The number of alkyl halides is 2. The Bertz CT molecular complexity index is 1400. The topological polar surface area (TPSA) is 88.1 Å². The van der Waals surface area contributed by atoms with Crippen molar-refractivity contribution in [2.24, 2.45) is 0 Å². The Morgan fingerprint density at radius 2 is 1.84 bits per heavy atom. The van der Waals surface area contributed by atoms with Crippen molar-refractivity contribution in [3.8, 4) is 11.3 Å². The molecule has 2 aromatic heterocycles. The minimum absolute atomic E-state index is 0.244. The molecule has 0 unspecified atom stereocenters. The highest BCUT2D eigenvalue weighted by molar-refractivity contribution is 7.90. The first-order chi connectivity index (χ1) is 17.8. The van der Waals surface area contributed by atoms with Crippen LogP contribution in [0.15, 0.2) is 30.5 Å². The molecule has 0 atom stereocenters. The lowest BCUT2D eigenvalue weighted by atomic mass is 9.91. The third-order valence-corrected chi connectivity index (χ3v) is 9.00. The summed E-state index contributed by atoms with van der Waals surface area (Å²) in [7, 11) is 0.524. The van der Waals surface area contributed by atoms with E-state index in [0.29, 0.717) is 47.3 Å². The molecular weight excluding hydrogens is 532 g/mol. The lowest BCUT2D eigenvalue weighted by Crippen LogP contribution is -2.36. The van der Waals surface area contributed by atoms with Crippen molar-refractivity contribution in [2.45, 2.75) is 69.7 Å². The van der Waals surface area contributed by atoms with E-state index in [2.05, 4.69) is 29.3 Å². The molecular formula is C27H34ClF2N5O2S. The molecule has 1 aliphatic rings. The number of sulfone groups is 1. The van der Waals surface area contributed by atoms with E-state index < -0.39 is 33.7 Å². The lowest BCUT2D eigenvalue weighted by Gasteiger charge is -2.32. The van der Waals surface area contributed by atoms with Gasteiger partial charge in [-0.15, -0.1) is 0 Å². The van der Waals surface area contributed by atoms with Crippen molar-refractivity contribution >= 4 is 38.4 Å². The Morgan fingerprint density at radius 3 is 2.47 bits per heavy atom. The van der Waals surface area contributed by atoms with E-state index >= 15 is 0 Å². The molecule has 0 aliphatic heterocycles. The standard InChI is InChI=1S/C27H34ClF2N5O2S/c1-17-13-23(18-5-6-19(22(28)14-18)16-38(36,37)12-11-27(2,29)30)33-24-15-31-26(34-25(17)24)32-20-7-9-21(10-8-20)35(3)4/h5-6,13-15,20-21H,7-12,16H2,1-4H3,(H,31,32,34). The first kappa shape index (κ1) is 28.6. The number of nitrogens with zero attached hydrogens (tertiary/aromatic N) is 4. The summed E-state index contributed by atoms with van der Waals surface area (Å²) in [4.78, 5) is 16.2. The summed E-state index contributed by atoms with van der Waals surface area (Å²) in [6, 6.07) is 7.87. The summed E-state index contributed by atoms with van der Waals surface area (Å²) in [6.07, 6.45) is 5.42. The predicted octanol–water partition coefficient (Wildman–Crippen LogP) is 5.90. The number of halogens is 3. The average molecular weight is 566 g/mol. The van der Waals surface area contributed by atoms with E-state index in [9.17, 15) is 17.2 Å². The van der Waals surface area contributed by atoms with Crippen LogP contribution in [0.2, 0.25) is 5.02 Å². The Labute approximate surface area is 228 Å². The Morgan fingerprint density at radius 1 is 1.13 bits per heavy atom. The number of hydrogen-bond acceptors (Lipinski definition) is 7. The smallest absolute Gasteiger partial charge is 0.246 e. The molecule has 0 spiro atoms. The zero-order valence-corrected chi connectivity index (χ0v) is 23.7. The van der Waals surface area contributed by atoms with Crippen LogP contribution >= 0.6 is 11.6 Å². The summed E-state index contributed by atoms with van der Waals surface area (Å²) in [5, 5.41) is 3.72. The highest BCUT2D eigenvalue weighted by Gasteiger charge is 2.26. The molecule has 7 nitrogen and oxygen atoms in total. The van der Waals surface area contributed by atoms with Gasteiger partial charge in [-0.25, -0.2) is 32.2 Å². The molecule has 2 heterocycles. The fraction of sp³-hybridized carbons (Fsp3) is 0.519. The Balaban J connectivity index is 1.49. The second-order valence-electron chi connectivity index (χ2n) is 10.6. The van der Waals surface area contributed by atoms with Gasteiger partial charge in [0.25, 0.3) is 0 Å². The van der Waals surface area contributed by atoms with Crippen LogP contribution in [-0.4, -0.2) is 66.1 Å². The van der Waals surface area contributed by atoms with Gasteiger partial charge in [0.05, 0.1) is 28.9 Å². The maximum atomic E-state index is 13.1. The highest BCUT2D eigenvalue weighted by Crippen LogP contribution is 2.30. The molecule has 4 rings (SSSR count). The van der Waals surface area contributed by atoms with E-state index in [1.165, 1.54) is 0 Å². The summed E-state index contributed by atoms with van der Waals surface area (Å²) >= 11 is 6.40. The number of nitrogens with one attached hydrogen (secondary N) is 1. The molecule has 1 saturated carbocycles. The number of benzene rings is 1. The van der Waals surface area contributed by atoms with Crippen LogP contribution in [0.5, 0.6) is 0 Å². The fourth-order valence-corrected chi connectivity index (χ4v) is 6.65. The third-order valence-electron chi connectivity index (χ3n) is 7.07. The van der Waals surface area contributed by atoms with Gasteiger partial charge in [-0.2, -0.15) is 0 Å². The molecule has 0 bridgehead atoms. The van der Waals surface area contributed by atoms with E-state index in [1.54, 1.807) is 24.4 Å². The quantitative estimate of drug-likeness (QED) is 0.345. The van der Waals surface area contributed by atoms with Crippen molar-refractivity contribution in [1.82, 2.24) is 19.9 Å². The number of anilines is 1. The SMILES string of the molecule is Cc1cc(-c2ccc(CS(=O)(=O)CCC(C)(F)F)c(Cl)c2)nc2cnc(NC3CCC(N(C)C)CC3)nc12. The first-order valence-corrected chi connectivity index (χ1v) is 14.9. The second kappa shape index (κ2) is 11.4. The molecule has 206 valence electrons. The minimum Gasteiger partial charge on any atom is -0.351 e. The molecule has 1 fully saturated rings. The van der Waals surface area contributed by atoms with Crippen LogP contribution in [0.4, 0.5) is 14.7 Å². The molecule has 1 N–H and O–H groups in total. The predicted molar refractivity (Wildman–Crippen MR) is 149 cm³/mol. The zero-order valence-electron chi connectivity index (χ0n) is 22.1. The number of aromatic nitrogens is 3. The summed E-state index contributed by atoms with van der Waals surface area (Å²) in [5.41, 5.74) is 4.06. The van der Waals surface area contributed by atoms with Gasteiger partial charge in [-0.3, -0.25) is 0 Å². The minimum atomic E-state index is -3.73. The largest absolute Gasteiger partial charge is 0.351 e. The molecule has 11 heteroatoms. The van der Waals surface area contributed by atoms with Gasteiger partial charge in [-0.05, 0) is 76.9 Å².